The molecular weight excluding hydrogens is 298 g/mol. The van der Waals surface area contributed by atoms with Crippen molar-refractivity contribution in [3.63, 3.8) is 0 Å². The normalized spacial score (nSPS) is 12.0. The topological polar surface area (TPSA) is 29.1 Å². The highest BCUT2D eigenvalue weighted by Crippen LogP contribution is 2.25. The first kappa shape index (κ1) is 16.0. The van der Waals surface area contributed by atoms with Crippen LogP contribution in [0.3, 0.4) is 0 Å². The van der Waals surface area contributed by atoms with Gasteiger partial charge in [0.05, 0.1) is 5.25 Å². The number of hydrogen-bond acceptors (Lipinski definition) is 3. The van der Waals surface area contributed by atoms with Crippen LogP contribution in [0.25, 0.3) is 0 Å². The van der Waals surface area contributed by atoms with Gasteiger partial charge in [-0.1, -0.05) is 17.7 Å². The third-order valence-electron chi connectivity index (χ3n) is 3.06. The summed E-state index contributed by atoms with van der Waals surface area (Å²) in [6, 6.07) is 16.1. The number of aryl methyl sites for hydroxylation is 1. The second-order valence-corrected chi connectivity index (χ2v) is 7.08. The van der Waals surface area contributed by atoms with E-state index in [2.05, 4.69) is 36.5 Å². The van der Waals surface area contributed by atoms with Crippen molar-refractivity contribution < 1.29 is 4.79 Å². The van der Waals surface area contributed by atoms with Crippen molar-refractivity contribution in [2.45, 2.75) is 28.9 Å². The van der Waals surface area contributed by atoms with Crippen molar-refractivity contribution in [1.82, 2.24) is 0 Å². The third-order valence-corrected chi connectivity index (χ3v) is 4.92. The first-order valence-corrected chi connectivity index (χ1v) is 8.87. The Labute approximate surface area is 134 Å². The van der Waals surface area contributed by atoms with Gasteiger partial charge >= 0.3 is 0 Å². The molecule has 4 heteroatoms. The maximum atomic E-state index is 12.2. The Balaban J connectivity index is 1.93. The van der Waals surface area contributed by atoms with Gasteiger partial charge in [0, 0.05) is 15.5 Å². The van der Waals surface area contributed by atoms with Crippen molar-refractivity contribution in [2.75, 3.05) is 11.6 Å². The summed E-state index contributed by atoms with van der Waals surface area (Å²) in [7, 11) is 0. The highest BCUT2D eigenvalue weighted by Gasteiger charge is 2.14. The molecule has 0 spiro atoms. The fraction of sp³-hybridized carbons (Fsp3) is 0.235. The minimum atomic E-state index is -0.132. The standard InChI is InChI=1S/C17H19NOS2/c1-12-4-8-16(9-5-12)21-13(2)17(19)18-14-6-10-15(20-3)11-7-14/h4-11,13H,1-3H3,(H,18,19)/t13-/m0/s1. The molecule has 0 saturated heterocycles. The number of anilines is 1. The van der Waals surface area contributed by atoms with Gasteiger partial charge in [-0.15, -0.1) is 23.5 Å². The second kappa shape index (κ2) is 7.57. The molecule has 1 amide bonds. The van der Waals surface area contributed by atoms with Crippen LogP contribution in [0.5, 0.6) is 0 Å². The second-order valence-electron chi connectivity index (χ2n) is 4.79. The van der Waals surface area contributed by atoms with Crippen molar-refractivity contribution >= 4 is 35.1 Å². The summed E-state index contributed by atoms with van der Waals surface area (Å²) in [5, 5.41) is 2.82. The highest BCUT2D eigenvalue weighted by molar-refractivity contribution is 8.00. The van der Waals surface area contributed by atoms with Gasteiger partial charge in [-0.3, -0.25) is 4.79 Å². The summed E-state index contributed by atoms with van der Waals surface area (Å²) in [6.07, 6.45) is 2.04. The zero-order valence-corrected chi connectivity index (χ0v) is 14.1. The van der Waals surface area contributed by atoms with Crippen LogP contribution >= 0.6 is 23.5 Å². The van der Waals surface area contributed by atoms with Gasteiger partial charge in [0.2, 0.25) is 5.91 Å². The summed E-state index contributed by atoms with van der Waals surface area (Å²) in [4.78, 5) is 14.5. The molecule has 0 bridgehead atoms. The Kier molecular flexibility index (Phi) is 5.76. The molecule has 1 N–H and O–H groups in total. The Morgan fingerprint density at radius 2 is 1.57 bits per heavy atom. The number of hydrogen-bond donors (Lipinski definition) is 1. The molecule has 0 aliphatic rings. The van der Waals surface area contributed by atoms with Gasteiger partial charge in [0.25, 0.3) is 0 Å². The number of thioether (sulfide) groups is 2. The van der Waals surface area contributed by atoms with Crippen LogP contribution in [0.1, 0.15) is 12.5 Å². The van der Waals surface area contributed by atoms with E-state index in [-0.39, 0.29) is 11.2 Å². The van der Waals surface area contributed by atoms with Gasteiger partial charge in [0.15, 0.2) is 0 Å². The van der Waals surface area contributed by atoms with E-state index in [1.165, 1.54) is 10.5 Å². The van der Waals surface area contributed by atoms with E-state index in [9.17, 15) is 4.79 Å². The van der Waals surface area contributed by atoms with Crippen molar-refractivity contribution in [3.05, 3.63) is 54.1 Å². The van der Waals surface area contributed by atoms with E-state index in [1.54, 1.807) is 23.5 Å². The number of carbonyl (C=O) groups is 1. The summed E-state index contributed by atoms with van der Waals surface area (Å²) >= 11 is 3.26. The summed E-state index contributed by atoms with van der Waals surface area (Å²) in [5.41, 5.74) is 2.07. The van der Waals surface area contributed by atoms with Crippen LogP contribution in [0.15, 0.2) is 58.3 Å². The zero-order chi connectivity index (χ0) is 15.2. The molecule has 2 aromatic rings. The quantitative estimate of drug-likeness (QED) is 0.800. The molecule has 0 saturated carbocycles. The SMILES string of the molecule is CSc1ccc(NC(=O)[C@H](C)Sc2ccc(C)cc2)cc1. The Morgan fingerprint density at radius 3 is 2.14 bits per heavy atom. The molecule has 0 radical (unpaired) electrons. The van der Waals surface area contributed by atoms with Gasteiger partial charge < -0.3 is 5.32 Å². The monoisotopic (exact) mass is 317 g/mol. The van der Waals surface area contributed by atoms with Gasteiger partial charge in [-0.25, -0.2) is 0 Å². The van der Waals surface area contributed by atoms with E-state index < -0.39 is 0 Å². The fourth-order valence-corrected chi connectivity index (χ4v) is 3.07. The van der Waals surface area contributed by atoms with Gasteiger partial charge in [-0.05, 0) is 56.5 Å². The van der Waals surface area contributed by atoms with Crippen LogP contribution in [-0.4, -0.2) is 17.4 Å². The van der Waals surface area contributed by atoms with E-state index in [0.717, 1.165) is 10.6 Å². The molecule has 1 atom stereocenters. The molecule has 0 heterocycles. The molecule has 2 nitrogen and oxygen atoms in total. The molecule has 0 aliphatic carbocycles. The van der Waals surface area contributed by atoms with E-state index in [1.807, 2.05) is 37.4 Å². The minimum Gasteiger partial charge on any atom is -0.325 e. The molecule has 0 unspecified atom stereocenters. The fourth-order valence-electron chi connectivity index (χ4n) is 1.79. The molecular formula is C17H19NOS2. The Bertz CT molecular complexity index is 593. The van der Waals surface area contributed by atoms with Crippen LogP contribution in [-0.2, 0) is 4.79 Å². The lowest BCUT2D eigenvalue weighted by Gasteiger charge is -2.12. The summed E-state index contributed by atoms with van der Waals surface area (Å²) in [6.45, 7) is 3.99. The lowest BCUT2D eigenvalue weighted by Crippen LogP contribution is -2.22. The number of amides is 1. The molecule has 21 heavy (non-hydrogen) atoms. The highest BCUT2D eigenvalue weighted by atomic mass is 32.2. The maximum absolute atomic E-state index is 12.2. The van der Waals surface area contributed by atoms with Crippen LogP contribution in [0, 0.1) is 6.92 Å². The predicted octanol–water partition coefficient (Wildman–Crippen LogP) is 4.84. The van der Waals surface area contributed by atoms with Crippen LogP contribution in [0.4, 0.5) is 5.69 Å². The van der Waals surface area contributed by atoms with E-state index in [4.69, 9.17) is 0 Å². The lowest BCUT2D eigenvalue weighted by molar-refractivity contribution is -0.115. The molecule has 0 fully saturated rings. The third kappa shape index (κ3) is 4.83. The first-order valence-electron chi connectivity index (χ1n) is 6.77. The zero-order valence-electron chi connectivity index (χ0n) is 12.4. The predicted molar refractivity (Wildman–Crippen MR) is 93.4 cm³/mol. The van der Waals surface area contributed by atoms with Crippen LogP contribution < -0.4 is 5.32 Å². The number of benzene rings is 2. The first-order chi connectivity index (χ1) is 10.1. The smallest absolute Gasteiger partial charge is 0.237 e. The summed E-state index contributed by atoms with van der Waals surface area (Å²) < 4.78 is 0. The molecule has 2 aromatic carbocycles. The largest absolute Gasteiger partial charge is 0.325 e. The molecule has 2 rings (SSSR count). The van der Waals surface area contributed by atoms with Crippen molar-refractivity contribution in [2.24, 2.45) is 0 Å². The Hall–Kier alpha value is -1.39. The van der Waals surface area contributed by atoms with E-state index in [0.29, 0.717) is 0 Å². The number of nitrogens with one attached hydrogen (secondary N) is 1. The Morgan fingerprint density at radius 1 is 1.00 bits per heavy atom. The van der Waals surface area contributed by atoms with E-state index >= 15 is 0 Å². The lowest BCUT2D eigenvalue weighted by atomic mass is 10.2. The van der Waals surface area contributed by atoms with Gasteiger partial charge in [-0.2, -0.15) is 0 Å². The van der Waals surface area contributed by atoms with Crippen molar-refractivity contribution in [1.29, 1.82) is 0 Å². The van der Waals surface area contributed by atoms with Gasteiger partial charge in [0.1, 0.15) is 0 Å². The number of rotatable bonds is 5. The molecule has 0 aliphatic heterocycles. The number of carbonyl (C=O) groups excluding carboxylic acids is 1. The maximum Gasteiger partial charge on any atom is 0.237 e. The molecule has 110 valence electrons. The average Bonchev–Trinajstić information content (AvgIpc) is 2.50. The minimum absolute atomic E-state index is 0.0254. The van der Waals surface area contributed by atoms with Crippen molar-refractivity contribution in [3.8, 4) is 0 Å². The summed E-state index contributed by atoms with van der Waals surface area (Å²) in [5.74, 6) is 0.0254. The molecule has 0 aromatic heterocycles. The van der Waals surface area contributed by atoms with Crippen LogP contribution in [0.2, 0.25) is 0 Å². The average molecular weight is 317 g/mol.